The van der Waals surface area contributed by atoms with Crippen molar-refractivity contribution in [1.29, 1.82) is 0 Å². The van der Waals surface area contributed by atoms with Gasteiger partial charge in [0.2, 0.25) is 0 Å². The zero-order chi connectivity index (χ0) is 21.4. The van der Waals surface area contributed by atoms with Crippen molar-refractivity contribution >= 4 is 23.3 Å². The van der Waals surface area contributed by atoms with Gasteiger partial charge in [-0.15, -0.1) is 0 Å². The summed E-state index contributed by atoms with van der Waals surface area (Å²) in [5.74, 6) is -0.254. The molecule has 0 heterocycles. The Bertz CT molecular complexity index is 879. The molecule has 2 aromatic carbocycles. The highest BCUT2D eigenvalue weighted by Crippen LogP contribution is 2.28. The van der Waals surface area contributed by atoms with Gasteiger partial charge in [-0.05, 0) is 29.7 Å². The maximum absolute atomic E-state index is 12.0. The summed E-state index contributed by atoms with van der Waals surface area (Å²) >= 11 is 0. The van der Waals surface area contributed by atoms with Crippen molar-refractivity contribution in [2.24, 2.45) is 0 Å². The first-order valence-electron chi connectivity index (χ1n) is 8.80. The van der Waals surface area contributed by atoms with Gasteiger partial charge in [-0.25, -0.2) is 4.79 Å². The van der Waals surface area contributed by atoms with Crippen molar-refractivity contribution in [3.8, 4) is 11.5 Å². The maximum Gasteiger partial charge on any atom is 0.344 e. The molecule has 9 heteroatoms. The van der Waals surface area contributed by atoms with Crippen LogP contribution in [0, 0.1) is 10.1 Å². The molecular formula is C20H22N2O7. The SMILES string of the molecule is COc1ccc([N+](=O)[O-])cc1NC(=O)COC(=O)COc1ccc(C(C)C)cc1. The highest BCUT2D eigenvalue weighted by Gasteiger charge is 2.15. The molecule has 2 rings (SSSR count). The van der Waals surface area contributed by atoms with Crippen LogP contribution in [-0.2, 0) is 14.3 Å². The lowest BCUT2D eigenvalue weighted by Gasteiger charge is -2.11. The van der Waals surface area contributed by atoms with Gasteiger partial charge in [-0.2, -0.15) is 0 Å². The van der Waals surface area contributed by atoms with Gasteiger partial charge in [0.15, 0.2) is 13.2 Å². The quantitative estimate of drug-likeness (QED) is 0.388. The highest BCUT2D eigenvalue weighted by atomic mass is 16.6. The second kappa shape index (κ2) is 10.1. The van der Waals surface area contributed by atoms with E-state index in [9.17, 15) is 19.7 Å². The molecule has 0 aliphatic heterocycles. The van der Waals surface area contributed by atoms with Crippen molar-refractivity contribution in [3.05, 3.63) is 58.1 Å². The highest BCUT2D eigenvalue weighted by molar-refractivity contribution is 5.94. The van der Waals surface area contributed by atoms with E-state index in [0.29, 0.717) is 11.7 Å². The van der Waals surface area contributed by atoms with E-state index in [2.05, 4.69) is 19.2 Å². The minimum atomic E-state index is -0.723. The lowest BCUT2D eigenvalue weighted by molar-refractivity contribution is -0.384. The van der Waals surface area contributed by atoms with Gasteiger partial charge in [0.05, 0.1) is 17.7 Å². The number of non-ortho nitro benzene ring substituents is 1. The molecule has 1 amide bonds. The number of ether oxygens (including phenoxy) is 3. The van der Waals surface area contributed by atoms with Crippen molar-refractivity contribution in [2.75, 3.05) is 25.6 Å². The van der Waals surface area contributed by atoms with Crippen LogP contribution in [0.1, 0.15) is 25.3 Å². The van der Waals surface area contributed by atoms with E-state index in [4.69, 9.17) is 14.2 Å². The number of nitrogens with one attached hydrogen (secondary N) is 1. The third-order valence-electron chi connectivity index (χ3n) is 3.94. The van der Waals surface area contributed by atoms with Gasteiger partial charge in [-0.1, -0.05) is 26.0 Å². The summed E-state index contributed by atoms with van der Waals surface area (Å²) in [4.78, 5) is 34.0. The van der Waals surface area contributed by atoms with Gasteiger partial charge < -0.3 is 19.5 Å². The smallest absolute Gasteiger partial charge is 0.344 e. The number of nitrogens with zero attached hydrogens (tertiary/aromatic N) is 1. The minimum Gasteiger partial charge on any atom is -0.495 e. The maximum atomic E-state index is 12.0. The van der Waals surface area contributed by atoms with Crippen LogP contribution in [0.4, 0.5) is 11.4 Å². The Morgan fingerprint density at radius 1 is 1.10 bits per heavy atom. The average Bonchev–Trinajstić information content (AvgIpc) is 2.70. The molecule has 0 aliphatic carbocycles. The molecule has 1 N–H and O–H groups in total. The first-order chi connectivity index (χ1) is 13.8. The van der Waals surface area contributed by atoms with Gasteiger partial charge in [0, 0.05) is 12.1 Å². The van der Waals surface area contributed by atoms with Gasteiger partial charge in [0.1, 0.15) is 11.5 Å². The summed E-state index contributed by atoms with van der Waals surface area (Å²) in [7, 11) is 1.36. The van der Waals surface area contributed by atoms with Crippen LogP contribution < -0.4 is 14.8 Å². The summed E-state index contributed by atoms with van der Waals surface area (Å²) in [6.45, 7) is 3.22. The van der Waals surface area contributed by atoms with Crippen LogP contribution >= 0.6 is 0 Å². The third-order valence-corrected chi connectivity index (χ3v) is 3.94. The Morgan fingerprint density at radius 2 is 1.79 bits per heavy atom. The number of nitro benzene ring substituents is 1. The summed E-state index contributed by atoms with van der Waals surface area (Å²) in [5, 5.41) is 13.3. The monoisotopic (exact) mass is 402 g/mol. The lowest BCUT2D eigenvalue weighted by Crippen LogP contribution is -2.23. The van der Waals surface area contributed by atoms with E-state index in [-0.39, 0.29) is 23.7 Å². The Morgan fingerprint density at radius 3 is 2.38 bits per heavy atom. The number of hydrogen-bond donors (Lipinski definition) is 1. The number of carbonyl (C=O) groups is 2. The van der Waals surface area contributed by atoms with Crippen LogP contribution in [0.5, 0.6) is 11.5 Å². The van der Waals surface area contributed by atoms with Crippen LogP contribution in [0.3, 0.4) is 0 Å². The number of amides is 1. The second-order valence-electron chi connectivity index (χ2n) is 6.36. The van der Waals surface area contributed by atoms with Crippen molar-refractivity contribution in [2.45, 2.75) is 19.8 Å². The number of rotatable bonds is 9. The molecule has 0 spiro atoms. The van der Waals surface area contributed by atoms with E-state index in [0.717, 1.165) is 11.6 Å². The summed E-state index contributed by atoms with van der Waals surface area (Å²) < 4.78 is 15.2. The summed E-state index contributed by atoms with van der Waals surface area (Å²) in [6, 6.07) is 11.1. The van der Waals surface area contributed by atoms with E-state index < -0.39 is 23.4 Å². The largest absolute Gasteiger partial charge is 0.495 e. The Balaban J connectivity index is 1.83. The second-order valence-corrected chi connectivity index (χ2v) is 6.36. The lowest BCUT2D eigenvalue weighted by atomic mass is 10.0. The minimum absolute atomic E-state index is 0.101. The predicted octanol–water partition coefficient (Wildman–Crippen LogP) is 3.29. The van der Waals surface area contributed by atoms with E-state index in [1.165, 1.54) is 19.2 Å². The molecule has 0 fully saturated rings. The number of carbonyl (C=O) groups excluding carboxylic acids is 2. The number of anilines is 1. The molecule has 0 radical (unpaired) electrons. The molecule has 0 aliphatic rings. The summed E-state index contributed by atoms with van der Waals surface area (Å²) in [6.07, 6.45) is 0. The van der Waals surface area contributed by atoms with E-state index in [1.807, 2.05) is 12.1 Å². The topological polar surface area (TPSA) is 117 Å². The van der Waals surface area contributed by atoms with Crippen molar-refractivity contribution < 1.29 is 28.7 Å². The first-order valence-corrected chi connectivity index (χ1v) is 8.80. The van der Waals surface area contributed by atoms with Crippen LogP contribution in [-0.4, -0.2) is 37.1 Å². The molecule has 0 bridgehead atoms. The van der Waals surface area contributed by atoms with Gasteiger partial charge >= 0.3 is 5.97 Å². The fourth-order valence-electron chi connectivity index (χ4n) is 2.37. The normalized spacial score (nSPS) is 10.3. The number of nitro groups is 1. The molecule has 0 aromatic heterocycles. The van der Waals surface area contributed by atoms with Crippen molar-refractivity contribution in [1.82, 2.24) is 0 Å². The number of methoxy groups -OCH3 is 1. The first kappa shape index (κ1) is 21.7. The standard InChI is InChI=1S/C20H22N2O7/c1-13(2)14-4-7-16(8-5-14)28-12-20(24)29-11-19(23)21-17-10-15(22(25)26)6-9-18(17)27-3/h4-10,13H,11-12H2,1-3H3,(H,21,23). The molecule has 9 nitrogen and oxygen atoms in total. The average molecular weight is 402 g/mol. The molecular weight excluding hydrogens is 380 g/mol. The van der Waals surface area contributed by atoms with E-state index >= 15 is 0 Å². The van der Waals surface area contributed by atoms with E-state index in [1.54, 1.807) is 12.1 Å². The molecule has 2 aromatic rings. The molecule has 0 unspecified atom stereocenters. The van der Waals surface area contributed by atoms with Crippen LogP contribution in [0.2, 0.25) is 0 Å². The van der Waals surface area contributed by atoms with Crippen LogP contribution in [0.15, 0.2) is 42.5 Å². The van der Waals surface area contributed by atoms with Gasteiger partial charge in [-0.3, -0.25) is 14.9 Å². The molecule has 0 atom stereocenters. The number of esters is 1. The predicted molar refractivity (Wildman–Crippen MR) is 105 cm³/mol. The zero-order valence-corrected chi connectivity index (χ0v) is 16.3. The molecule has 0 saturated carbocycles. The van der Waals surface area contributed by atoms with Gasteiger partial charge in [0.25, 0.3) is 11.6 Å². The number of benzene rings is 2. The zero-order valence-electron chi connectivity index (χ0n) is 16.3. The number of hydrogen-bond acceptors (Lipinski definition) is 7. The fourth-order valence-corrected chi connectivity index (χ4v) is 2.37. The van der Waals surface area contributed by atoms with Crippen LogP contribution in [0.25, 0.3) is 0 Å². The summed E-state index contributed by atoms with van der Waals surface area (Å²) in [5.41, 5.74) is 1.03. The Labute approximate surface area is 167 Å². The molecule has 154 valence electrons. The Hall–Kier alpha value is -3.62. The molecule has 0 saturated heterocycles. The third kappa shape index (κ3) is 6.49. The fraction of sp³-hybridized carbons (Fsp3) is 0.300. The molecule has 29 heavy (non-hydrogen) atoms. The Kier molecular flexibility index (Phi) is 7.53. The van der Waals surface area contributed by atoms with Crippen molar-refractivity contribution in [3.63, 3.8) is 0 Å².